The Balaban J connectivity index is 1.10. The van der Waals surface area contributed by atoms with Gasteiger partial charge in [0.15, 0.2) is 5.78 Å². The van der Waals surface area contributed by atoms with Crippen LogP contribution in [0.1, 0.15) is 74.7 Å². The molecule has 3 saturated carbocycles. The van der Waals surface area contributed by atoms with Gasteiger partial charge in [-0.3, -0.25) is 9.69 Å². The second-order valence-electron chi connectivity index (χ2n) is 16.9. The second-order valence-corrected chi connectivity index (χ2v) is 16.9. The predicted octanol–water partition coefficient (Wildman–Crippen LogP) is 9.69. The third-order valence-corrected chi connectivity index (χ3v) is 14.7. The highest BCUT2D eigenvalue weighted by atomic mass is 19.4. The van der Waals surface area contributed by atoms with Crippen molar-refractivity contribution in [3.8, 4) is 16.9 Å². The van der Waals surface area contributed by atoms with E-state index in [0.29, 0.717) is 30.5 Å². The van der Waals surface area contributed by atoms with Crippen molar-refractivity contribution in [3.63, 3.8) is 0 Å². The number of alkyl halides is 3. The summed E-state index contributed by atoms with van der Waals surface area (Å²) in [5, 5.41) is 11.1. The second kappa shape index (κ2) is 11.6. The molecule has 9 heteroatoms. The number of carbonyl (C=O) groups excluding carboxylic acids is 2. The van der Waals surface area contributed by atoms with Gasteiger partial charge in [0, 0.05) is 33.9 Å². The van der Waals surface area contributed by atoms with Gasteiger partial charge in [0.05, 0.1) is 12.6 Å². The first kappa shape index (κ1) is 34.4. The van der Waals surface area contributed by atoms with Gasteiger partial charge < -0.3 is 14.6 Å². The number of rotatable bonds is 6. The number of fused-ring (bicyclic) bond motifs is 2. The minimum Gasteiger partial charge on any atom is -0.440 e. The lowest BCUT2D eigenvalue weighted by Crippen LogP contribution is -2.67. The molecule has 2 bridgehead atoms. The Morgan fingerprint density at radius 2 is 1.57 bits per heavy atom. The molecule has 7 aliphatic rings. The van der Waals surface area contributed by atoms with Crippen molar-refractivity contribution >= 4 is 11.9 Å². The third-order valence-electron chi connectivity index (χ3n) is 14.7. The third kappa shape index (κ3) is 4.87. The van der Waals surface area contributed by atoms with Gasteiger partial charge in [-0.15, -0.1) is 13.2 Å². The zero-order valence-corrected chi connectivity index (χ0v) is 30.0. The monoisotopic (exact) mass is 723 g/mol. The molecule has 3 spiro atoms. The molecule has 0 radical (unpaired) electrons. The number of amides is 1. The molecule has 3 aromatic rings. The summed E-state index contributed by atoms with van der Waals surface area (Å²) in [7, 11) is 0. The summed E-state index contributed by atoms with van der Waals surface area (Å²) in [5.41, 5.74) is 1.60. The van der Waals surface area contributed by atoms with Crippen molar-refractivity contribution in [1.29, 1.82) is 0 Å². The van der Waals surface area contributed by atoms with E-state index in [4.69, 9.17) is 4.74 Å². The average Bonchev–Trinajstić information content (AvgIpc) is 3.62. The maximum absolute atomic E-state index is 15.4. The molecule has 1 saturated heterocycles. The predicted molar refractivity (Wildman–Crippen MR) is 193 cm³/mol. The normalized spacial score (nSPS) is 36.8. The molecule has 6 nitrogen and oxygen atoms in total. The summed E-state index contributed by atoms with van der Waals surface area (Å²) in [6.07, 6.45) is 6.57. The number of hydrogen-bond donors (Lipinski definition) is 1. The van der Waals surface area contributed by atoms with Gasteiger partial charge in [-0.05, 0) is 91.0 Å². The minimum atomic E-state index is -4.78. The molecular formula is C44H44F3NO5. The Morgan fingerprint density at radius 3 is 2.32 bits per heavy atom. The van der Waals surface area contributed by atoms with Gasteiger partial charge in [0.1, 0.15) is 11.4 Å². The van der Waals surface area contributed by atoms with Crippen LogP contribution in [-0.2, 0) is 11.3 Å². The summed E-state index contributed by atoms with van der Waals surface area (Å²) < 4.78 is 48.8. The molecule has 3 aromatic carbocycles. The molecule has 276 valence electrons. The SMILES string of the molecule is C[C@]12CC[C@H]3[C@]4(C=C[C@@]5(C=C4C(=O)c4ccccc4-c4ccccc4)C[C@@H](O)CC[C@]35C)[C@@H]1CC[C@@]21CN(Cc2ccc(OC(F)(F)F)cc2)C(=O)O1. The van der Waals surface area contributed by atoms with E-state index in [1.807, 2.05) is 54.6 Å². The molecule has 1 heterocycles. The molecule has 53 heavy (non-hydrogen) atoms. The van der Waals surface area contributed by atoms with Gasteiger partial charge in [-0.1, -0.05) is 98.8 Å². The van der Waals surface area contributed by atoms with E-state index < -0.39 is 40.4 Å². The highest BCUT2D eigenvalue weighted by Gasteiger charge is 2.76. The fourth-order valence-corrected chi connectivity index (χ4v) is 12.2. The van der Waals surface area contributed by atoms with Crippen LogP contribution in [0.25, 0.3) is 11.1 Å². The Bertz CT molecular complexity index is 2050. The van der Waals surface area contributed by atoms with E-state index in [0.717, 1.165) is 48.8 Å². The molecule has 0 unspecified atom stereocenters. The summed E-state index contributed by atoms with van der Waals surface area (Å²) in [6.45, 7) is 5.20. The van der Waals surface area contributed by atoms with Crippen molar-refractivity contribution in [2.24, 2.45) is 33.5 Å². The van der Waals surface area contributed by atoms with Crippen LogP contribution in [0.3, 0.4) is 0 Å². The molecule has 1 amide bonds. The number of aliphatic hydroxyl groups is 1. The standard InChI is InChI=1S/C44H44F3NO5/c1-39-19-16-30(49)24-41(39)22-23-43(34(25-41)37(50)33-11-7-6-10-32(33)29-8-4-3-5-9-29)35(39)17-20-40(2)36(43)18-21-42(40)27-48(38(51)53-42)26-28-12-14-31(15-13-28)52-44(45,46)47/h3-15,22-23,25,30,35-36,49H,16-21,24,26-27H2,1-2H3/t30-,35+,36+,39+,40-,41-,42+,43+/m0/s1. The largest absolute Gasteiger partial charge is 0.573 e. The van der Waals surface area contributed by atoms with E-state index in [2.05, 4.69) is 36.8 Å². The Hall–Kier alpha value is -4.37. The Labute approximate surface area is 307 Å². The van der Waals surface area contributed by atoms with E-state index >= 15 is 4.79 Å². The zero-order valence-electron chi connectivity index (χ0n) is 30.0. The lowest BCUT2D eigenvalue weighted by atomic mass is 9.32. The zero-order chi connectivity index (χ0) is 37.0. The topological polar surface area (TPSA) is 76.1 Å². The molecule has 4 fully saturated rings. The van der Waals surface area contributed by atoms with Crippen LogP contribution in [0.15, 0.2) is 103 Å². The highest BCUT2D eigenvalue weighted by molar-refractivity contribution is 6.14. The molecule has 1 N–H and O–H groups in total. The van der Waals surface area contributed by atoms with Crippen LogP contribution in [0, 0.1) is 33.5 Å². The average molecular weight is 724 g/mol. The van der Waals surface area contributed by atoms with Crippen LogP contribution in [-0.4, -0.2) is 46.5 Å². The first-order valence-corrected chi connectivity index (χ1v) is 18.9. The van der Waals surface area contributed by atoms with Crippen molar-refractivity contribution in [2.45, 2.75) is 83.4 Å². The molecule has 6 aliphatic carbocycles. The highest BCUT2D eigenvalue weighted by Crippen LogP contribution is 2.79. The van der Waals surface area contributed by atoms with Crippen LogP contribution < -0.4 is 4.74 Å². The van der Waals surface area contributed by atoms with Crippen LogP contribution in [0.2, 0.25) is 0 Å². The lowest BCUT2D eigenvalue weighted by molar-refractivity contribution is -0.274. The molecule has 0 aromatic heterocycles. The van der Waals surface area contributed by atoms with Crippen molar-refractivity contribution in [3.05, 3.63) is 114 Å². The Kier molecular flexibility index (Phi) is 7.51. The number of Topliss-reactive ketones (excluding diaryl/α,β-unsaturated/α-hetero) is 1. The molecular weight excluding hydrogens is 679 g/mol. The quantitative estimate of drug-likeness (QED) is 0.203. The summed E-state index contributed by atoms with van der Waals surface area (Å²) in [6, 6.07) is 23.5. The van der Waals surface area contributed by atoms with Crippen molar-refractivity contribution in [1.82, 2.24) is 4.90 Å². The number of allylic oxidation sites excluding steroid dienone is 4. The lowest BCUT2D eigenvalue weighted by Gasteiger charge is -2.71. The first-order chi connectivity index (χ1) is 25.2. The van der Waals surface area contributed by atoms with E-state index in [1.165, 1.54) is 12.1 Å². The van der Waals surface area contributed by atoms with Gasteiger partial charge in [-0.2, -0.15) is 0 Å². The van der Waals surface area contributed by atoms with Crippen molar-refractivity contribution < 1.29 is 37.3 Å². The number of ketones is 1. The van der Waals surface area contributed by atoms with Gasteiger partial charge in [-0.25, -0.2) is 4.79 Å². The Morgan fingerprint density at radius 1 is 0.887 bits per heavy atom. The number of hydrogen-bond acceptors (Lipinski definition) is 5. The fraction of sp³-hybridized carbons (Fsp3) is 0.455. The summed E-state index contributed by atoms with van der Waals surface area (Å²) >= 11 is 0. The van der Waals surface area contributed by atoms with Crippen molar-refractivity contribution in [2.75, 3.05) is 6.54 Å². The fourth-order valence-electron chi connectivity index (χ4n) is 12.2. The van der Waals surface area contributed by atoms with E-state index in [9.17, 15) is 23.1 Å². The van der Waals surface area contributed by atoms with E-state index in [-0.39, 0.29) is 35.3 Å². The van der Waals surface area contributed by atoms with Crippen LogP contribution in [0.4, 0.5) is 18.0 Å². The van der Waals surface area contributed by atoms with Gasteiger partial charge in [0.25, 0.3) is 0 Å². The van der Waals surface area contributed by atoms with E-state index in [1.54, 1.807) is 17.0 Å². The number of benzene rings is 3. The molecule has 10 rings (SSSR count). The minimum absolute atomic E-state index is 0.0117. The summed E-state index contributed by atoms with van der Waals surface area (Å²) in [4.78, 5) is 30.7. The smallest absolute Gasteiger partial charge is 0.440 e. The number of halogens is 3. The van der Waals surface area contributed by atoms with Gasteiger partial charge in [0.2, 0.25) is 0 Å². The number of nitrogens with zero attached hydrogens (tertiary/aromatic N) is 1. The number of carbonyl (C=O) groups is 2. The maximum atomic E-state index is 15.4. The van der Waals surface area contributed by atoms with Crippen LogP contribution >= 0.6 is 0 Å². The molecule has 8 atom stereocenters. The first-order valence-electron chi connectivity index (χ1n) is 18.9. The van der Waals surface area contributed by atoms with Gasteiger partial charge >= 0.3 is 12.5 Å². The maximum Gasteiger partial charge on any atom is 0.573 e. The number of ether oxygens (including phenoxy) is 2. The molecule has 1 aliphatic heterocycles. The van der Waals surface area contributed by atoms with Crippen LogP contribution in [0.5, 0.6) is 5.75 Å². The summed E-state index contributed by atoms with van der Waals surface area (Å²) in [5.74, 6) is -0.114. The number of aliphatic hydroxyl groups excluding tert-OH is 1.